The minimum atomic E-state index is -4.58. The summed E-state index contributed by atoms with van der Waals surface area (Å²) in [5.74, 6) is -0.334. The van der Waals surface area contributed by atoms with Gasteiger partial charge in [0.25, 0.3) is 0 Å². The first-order chi connectivity index (χ1) is 10.1. The number of primary sulfonamides is 1. The Labute approximate surface area is 132 Å². The summed E-state index contributed by atoms with van der Waals surface area (Å²) in [5.41, 5.74) is -0.947. The summed E-state index contributed by atoms with van der Waals surface area (Å²) in [7, 11) is -3.87. The molecule has 2 aromatic carbocycles. The lowest BCUT2D eigenvalue weighted by Crippen LogP contribution is -2.11. The molecule has 2 aromatic rings. The summed E-state index contributed by atoms with van der Waals surface area (Å²) < 4.78 is 66.5. The number of nitrogens with two attached hydrogens (primary N) is 1. The summed E-state index contributed by atoms with van der Waals surface area (Å²) in [6.45, 7) is 0. The fraction of sp³-hybridized carbons (Fsp3) is 0.0769. The molecule has 0 unspecified atom stereocenters. The highest BCUT2D eigenvalue weighted by Crippen LogP contribution is 2.39. The molecular weight excluding hydrogens is 387 g/mol. The van der Waals surface area contributed by atoms with Crippen molar-refractivity contribution in [1.29, 1.82) is 0 Å². The average Bonchev–Trinajstić information content (AvgIpc) is 2.39. The molecule has 2 rings (SSSR count). The van der Waals surface area contributed by atoms with Gasteiger partial charge < -0.3 is 4.74 Å². The average molecular weight is 396 g/mol. The molecule has 0 spiro atoms. The fourth-order valence-electron chi connectivity index (χ4n) is 1.64. The molecule has 0 aliphatic rings. The Hall–Kier alpha value is -1.58. The molecule has 0 bridgehead atoms. The van der Waals surface area contributed by atoms with Gasteiger partial charge >= 0.3 is 6.18 Å². The van der Waals surface area contributed by atoms with Gasteiger partial charge in [-0.05, 0) is 42.5 Å². The molecule has 0 fully saturated rings. The zero-order valence-corrected chi connectivity index (χ0v) is 13.2. The molecule has 4 nitrogen and oxygen atoms in total. The van der Waals surface area contributed by atoms with E-state index < -0.39 is 21.8 Å². The Balaban J connectivity index is 2.36. The third-order valence-corrected chi connectivity index (χ3v) is 4.05. The second-order valence-electron chi connectivity index (χ2n) is 4.26. The van der Waals surface area contributed by atoms with Crippen molar-refractivity contribution < 1.29 is 26.3 Å². The number of hydrogen-bond acceptors (Lipinski definition) is 3. The monoisotopic (exact) mass is 395 g/mol. The van der Waals surface area contributed by atoms with Crippen LogP contribution in [0.3, 0.4) is 0 Å². The van der Waals surface area contributed by atoms with Gasteiger partial charge in [0, 0.05) is 4.47 Å². The zero-order valence-electron chi connectivity index (χ0n) is 10.8. The van der Waals surface area contributed by atoms with E-state index in [0.29, 0.717) is 0 Å². The fourth-order valence-corrected chi connectivity index (χ4v) is 2.51. The van der Waals surface area contributed by atoms with E-state index in [9.17, 15) is 21.6 Å². The summed E-state index contributed by atoms with van der Waals surface area (Å²) >= 11 is 2.97. The van der Waals surface area contributed by atoms with Crippen molar-refractivity contribution in [2.75, 3.05) is 0 Å². The van der Waals surface area contributed by atoms with Gasteiger partial charge in [0.05, 0.1) is 10.5 Å². The first-order valence-corrected chi connectivity index (χ1v) is 8.09. The van der Waals surface area contributed by atoms with Gasteiger partial charge in [0.1, 0.15) is 11.5 Å². The van der Waals surface area contributed by atoms with Gasteiger partial charge in [-0.3, -0.25) is 0 Å². The largest absolute Gasteiger partial charge is 0.457 e. The lowest BCUT2D eigenvalue weighted by Gasteiger charge is -2.14. The van der Waals surface area contributed by atoms with Crippen molar-refractivity contribution >= 4 is 26.0 Å². The molecular formula is C13H9BrF3NO3S. The van der Waals surface area contributed by atoms with Gasteiger partial charge in [-0.1, -0.05) is 15.9 Å². The lowest BCUT2D eigenvalue weighted by molar-refractivity contribution is -0.138. The summed E-state index contributed by atoms with van der Waals surface area (Å²) in [6.07, 6.45) is -4.58. The van der Waals surface area contributed by atoms with Crippen LogP contribution < -0.4 is 9.88 Å². The Morgan fingerprint density at radius 2 is 1.64 bits per heavy atom. The van der Waals surface area contributed by atoms with Crippen LogP contribution in [0.1, 0.15) is 5.56 Å². The minimum absolute atomic E-state index is 0.0558. The van der Waals surface area contributed by atoms with E-state index in [2.05, 4.69) is 15.9 Å². The highest BCUT2D eigenvalue weighted by molar-refractivity contribution is 9.10. The smallest absolute Gasteiger partial charge is 0.420 e. The van der Waals surface area contributed by atoms with Crippen molar-refractivity contribution in [3.8, 4) is 11.5 Å². The number of benzene rings is 2. The Morgan fingerprint density at radius 3 is 2.14 bits per heavy atom. The molecule has 0 atom stereocenters. The van der Waals surface area contributed by atoms with E-state index in [-0.39, 0.29) is 20.9 Å². The zero-order chi connectivity index (χ0) is 16.5. The van der Waals surface area contributed by atoms with Crippen LogP contribution in [-0.2, 0) is 16.2 Å². The molecule has 0 saturated carbocycles. The van der Waals surface area contributed by atoms with E-state index >= 15 is 0 Å². The maximum absolute atomic E-state index is 13.0. The third-order valence-electron chi connectivity index (χ3n) is 2.63. The van der Waals surface area contributed by atoms with Gasteiger partial charge in [-0.25, -0.2) is 13.6 Å². The van der Waals surface area contributed by atoms with Gasteiger partial charge in [0.2, 0.25) is 10.0 Å². The van der Waals surface area contributed by atoms with Crippen molar-refractivity contribution in [3.63, 3.8) is 0 Å². The number of rotatable bonds is 3. The molecule has 0 heterocycles. The molecule has 0 radical (unpaired) electrons. The maximum Gasteiger partial charge on any atom is 0.420 e. The van der Waals surface area contributed by atoms with E-state index in [4.69, 9.17) is 9.88 Å². The minimum Gasteiger partial charge on any atom is -0.457 e. The molecule has 0 amide bonds. The van der Waals surface area contributed by atoms with Crippen LogP contribution in [0.15, 0.2) is 51.8 Å². The molecule has 9 heteroatoms. The number of halogens is 4. The molecule has 0 aliphatic heterocycles. The molecule has 118 valence electrons. The second-order valence-corrected chi connectivity index (χ2v) is 6.73. The van der Waals surface area contributed by atoms with E-state index in [1.807, 2.05) is 0 Å². The topological polar surface area (TPSA) is 69.4 Å². The van der Waals surface area contributed by atoms with Crippen LogP contribution >= 0.6 is 15.9 Å². The van der Waals surface area contributed by atoms with Crippen LogP contribution in [0.5, 0.6) is 11.5 Å². The van der Waals surface area contributed by atoms with E-state index in [0.717, 1.165) is 18.2 Å². The summed E-state index contributed by atoms with van der Waals surface area (Å²) in [5, 5.41) is 4.93. The highest BCUT2D eigenvalue weighted by atomic mass is 79.9. The summed E-state index contributed by atoms with van der Waals surface area (Å²) in [6, 6.07) is 8.22. The standard InChI is InChI=1S/C13H9BrF3NO3S/c14-8-1-6-12(11(7-8)13(15,16)17)21-9-2-4-10(5-3-9)22(18,19)20/h1-7H,(H2,18,19,20). The van der Waals surface area contributed by atoms with Crippen LogP contribution in [-0.4, -0.2) is 8.42 Å². The molecule has 2 N–H and O–H groups in total. The second kappa shape index (κ2) is 5.90. The molecule has 0 saturated heterocycles. The van der Waals surface area contributed by atoms with Crippen molar-refractivity contribution in [1.82, 2.24) is 0 Å². The normalized spacial score (nSPS) is 12.2. The van der Waals surface area contributed by atoms with Gasteiger partial charge in [-0.15, -0.1) is 0 Å². The quantitative estimate of drug-likeness (QED) is 0.856. The van der Waals surface area contributed by atoms with Crippen LogP contribution in [0.4, 0.5) is 13.2 Å². The lowest BCUT2D eigenvalue weighted by atomic mass is 10.2. The number of ether oxygens (including phenoxy) is 1. The molecule has 0 aromatic heterocycles. The Morgan fingerprint density at radius 1 is 1.05 bits per heavy atom. The van der Waals surface area contributed by atoms with E-state index in [1.165, 1.54) is 24.3 Å². The Kier molecular flexibility index (Phi) is 4.50. The number of alkyl halides is 3. The van der Waals surface area contributed by atoms with Crippen LogP contribution in [0, 0.1) is 0 Å². The van der Waals surface area contributed by atoms with Crippen LogP contribution in [0.2, 0.25) is 0 Å². The number of sulfonamides is 1. The van der Waals surface area contributed by atoms with Gasteiger partial charge in [0.15, 0.2) is 0 Å². The van der Waals surface area contributed by atoms with Crippen molar-refractivity contribution in [3.05, 3.63) is 52.5 Å². The van der Waals surface area contributed by atoms with Crippen molar-refractivity contribution in [2.45, 2.75) is 11.1 Å². The molecule has 22 heavy (non-hydrogen) atoms. The van der Waals surface area contributed by atoms with Crippen molar-refractivity contribution in [2.24, 2.45) is 5.14 Å². The SMILES string of the molecule is NS(=O)(=O)c1ccc(Oc2ccc(Br)cc2C(F)(F)F)cc1. The van der Waals surface area contributed by atoms with E-state index in [1.54, 1.807) is 0 Å². The predicted octanol–water partition coefficient (Wildman–Crippen LogP) is 3.91. The highest BCUT2D eigenvalue weighted by Gasteiger charge is 2.34. The summed E-state index contributed by atoms with van der Waals surface area (Å²) in [4.78, 5) is -0.160. The Bertz CT molecular complexity index is 789. The first kappa shape index (κ1) is 16.8. The van der Waals surface area contributed by atoms with Crippen LogP contribution in [0.25, 0.3) is 0 Å². The first-order valence-electron chi connectivity index (χ1n) is 5.75. The van der Waals surface area contributed by atoms with Gasteiger partial charge in [-0.2, -0.15) is 13.2 Å². The predicted molar refractivity (Wildman–Crippen MR) is 77.0 cm³/mol. The molecule has 0 aliphatic carbocycles. The maximum atomic E-state index is 13.0. The third kappa shape index (κ3) is 3.99. The number of hydrogen-bond donors (Lipinski definition) is 1.